The highest BCUT2D eigenvalue weighted by Gasteiger charge is 2.18. The molecule has 0 bridgehead atoms. The quantitative estimate of drug-likeness (QED) is 0.570. The Morgan fingerprint density at radius 2 is 2.29 bits per heavy atom. The molecule has 1 rings (SSSR count). The summed E-state index contributed by atoms with van der Waals surface area (Å²) in [6, 6.07) is 0. The normalized spacial score (nSPS) is 10.3. The number of carbonyl (C=O) groups excluding carboxylic acids is 1. The summed E-state index contributed by atoms with van der Waals surface area (Å²) in [5, 5.41) is 4.12. The fourth-order valence-electron chi connectivity index (χ4n) is 1.30. The molecule has 0 radical (unpaired) electrons. The molecule has 5 heteroatoms. The predicted octanol–water partition coefficient (Wildman–Crippen LogP) is 1.64. The highest BCUT2D eigenvalue weighted by atomic mass is 35.5. The van der Waals surface area contributed by atoms with E-state index in [0.717, 1.165) is 11.3 Å². The third-order valence-electron chi connectivity index (χ3n) is 1.98. The van der Waals surface area contributed by atoms with Gasteiger partial charge in [-0.2, -0.15) is 5.10 Å². The van der Waals surface area contributed by atoms with Crippen LogP contribution in [0.5, 0.6) is 0 Å². The minimum absolute atomic E-state index is 0.305. The molecular weight excluding hydrogens is 204 g/mol. The Hall–Kier alpha value is -1.03. The fourth-order valence-corrected chi connectivity index (χ4v) is 1.55. The van der Waals surface area contributed by atoms with Gasteiger partial charge in [0.1, 0.15) is 5.69 Å². The summed E-state index contributed by atoms with van der Waals surface area (Å²) in [6.45, 7) is 3.95. The van der Waals surface area contributed by atoms with Gasteiger partial charge >= 0.3 is 5.97 Å². The summed E-state index contributed by atoms with van der Waals surface area (Å²) in [6.07, 6.45) is 0. The van der Waals surface area contributed by atoms with Crippen LogP contribution in [0.2, 0.25) is 0 Å². The van der Waals surface area contributed by atoms with Crippen LogP contribution in [0.25, 0.3) is 0 Å². The van der Waals surface area contributed by atoms with Crippen LogP contribution < -0.4 is 0 Å². The lowest BCUT2D eigenvalue weighted by molar-refractivity contribution is 0.0513. The first-order valence-corrected chi connectivity index (χ1v) is 4.90. The van der Waals surface area contributed by atoms with E-state index in [-0.39, 0.29) is 5.97 Å². The maximum Gasteiger partial charge on any atom is 0.356 e. The monoisotopic (exact) mass is 216 g/mol. The summed E-state index contributed by atoms with van der Waals surface area (Å²) >= 11 is 5.67. The Morgan fingerprint density at radius 1 is 1.64 bits per heavy atom. The van der Waals surface area contributed by atoms with Crippen molar-refractivity contribution in [2.75, 3.05) is 6.61 Å². The summed E-state index contributed by atoms with van der Waals surface area (Å²) in [5.74, 6) is -0.0459. The molecule has 0 N–H and O–H groups in total. The molecule has 0 aliphatic rings. The smallest absolute Gasteiger partial charge is 0.356 e. The molecule has 0 fully saturated rings. The summed E-state index contributed by atoms with van der Waals surface area (Å²) in [4.78, 5) is 11.5. The van der Waals surface area contributed by atoms with Crippen molar-refractivity contribution in [3.05, 3.63) is 17.0 Å². The highest BCUT2D eigenvalue weighted by Crippen LogP contribution is 2.15. The fraction of sp³-hybridized carbons (Fsp3) is 0.556. The summed E-state index contributed by atoms with van der Waals surface area (Å²) in [7, 11) is 1.70. The molecule has 14 heavy (non-hydrogen) atoms. The first kappa shape index (κ1) is 11.0. The number of aromatic nitrogens is 2. The first-order valence-electron chi connectivity index (χ1n) is 4.37. The Morgan fingerprint density at radius 3 is 2.71 bits per heavy atom. The van der Waals surface area contributed by atoms with E-state index in [0.29, 0.717) is 18.2 Å². The lowest BCUT2D eigenvalue weighted by atomic mass is 10.2. The van der Waals surface area contributed by atoms with Crippen molar-refractivity contribution < 1.29 is 9.53 Å². The third kappa shape index (κ3) is 1.90. The van der Waals surface area contributed by atoms with Crippen LogP contribution in [-0.4, -0.2) is 22.4 Å². The van der Waals surface area contributed by atoms with E-state index in [2.05, 4.69) is 5.10 Å². The van der Waals surface area contributed by atoms with Gasteiger partial charge in [-0.05, 0) is 13.8 Å². The highest BCUT2D eigenvalue weighted by molar-refractivity contribution is 6.17. The second-order valence-corrected chi connectivity index (χ2v) is 3.17. The Balaban J connectivity index is 3.07. The van der Waals surface area contributed by atoms with E-state index in [9.17, 15) is 4.79 Å². The van der Waals surface area contributed by atoms with Gasteiger partial charge in [-0.25, -0.2) is 4.79 Å². The Kier molecular flexibility index (Phi) is 3.52. The van der Waals surface area contributed by atoms with Gasteiger partial charge in [0, 0.05) is 12.6 Å². The van der Waals surface area contributed by atoms with E-state index < -0.39 is 0 Å². The van der Waals surface area contributed by atoms with Gasteiger partial charge in [-0.1, -0.05) is 0 Å². The molecule has 0 unspecified atom stereocenters. The number of aryl methyl sites for hydroxylation is 1. The Labute approximate surface area is 87.8 Å². The number of ether oxygens (including phenoxy) is 1. The standard InChI is InChI=1S/C9H13ClN2O2/c1-4-14-9(13)8-6(2)7(5-10)11-12(8)3/h4-5H2,1-3H3. The topological polar surface area (TPSA) is 44.1 Å². The largest absolute Gasteiger partial charge is 0.461 e. The lowest BCUT2D eigenvalue weighted by Crippen LogP contribution is -2.11. The molecule has 0 saturated heterocycles. The predicted molar refractivity (Wildman–Crippen MR) is 53.5 cm³/mol. The van der Waals surface area contributed by atoms with Crippen molar-refractivity contribution in [3.63, 3.8) is 0 Å². The molecule has 1 aromatic rings. The number of nitrogens with zero attached hydrogens (tertiary/aromatic N) is 2. The minimum Gasteiger partial charge on any atom is -0.461 e. The van der Waals surface area contributed by atoms with Crippen molar-refractivity contribution in [2.45, 2.75) is 19.7 Å². The number of hydrogen-bond acceptors (Lipinski definition) is 3. The van der Waals surface area contributed by atoms with Crippen molar-refractivity contribution in [2.24, 2.45) is 7.05 Å². The van der Waals surface area contributed by atoms with Crippen LogP contribution in [0.4, 0.5) is 0 Å². The van der Waals surface area contributed by atoms with Gasteiger partial charge < -0.3 is 4.74 Å². The number of esters is 1. The van der Waals surface area contributed by atoms with Crippen molar-refractivity contribution in [3.8, 4) is 0 Å². The first-order chi connectivity index (χ1) is 6.61. The average Bonchev–Trinajstić information content (AvgIpc) is 2.41. The molecule has 1 heterocycles. The van der Waals surface area contributed by atoms with Crippen molar-refractivity contribution >= 4 is 17.6 Å². The van der Waals surface area contributed by atoms with E-state index in [1.54, 1.807) is 14.0 Å². The van der Waals surface area contributed by atoms with Crippen LogP contribution in [-0.2, 0) is 17.7 Å². The number of alkyl halides is 1. The van der Waals surface area contributed by atoms with Crippen LogP contribution in [0.3, 0.4) is 0 Å². The summed E-state index contributed by atoms with van der Waals surface area (Å²) < 4.78 is 6.41. The Bertz CT molecular complexity index is 347. The van der Waals surface area contributed by atoms with E-state index in [4.69, 9.17) is 16.3 Å². The van der Waals surface area contributed by atoms with E-state index in [1.165, 1.54) is 4.68 Å². The number of halogens is 1. The molecule has 0 spiro atoms. The molecule has 1 aromatic heterocycles. The molecule has 0 aromatic carbocycles. The average molecular weight is 217 g/mol. The van der Waals surface area contributed by atoms with Gasteiger partial charge in [-0.3, -0.25) is 4.68 Å². The lowest BCUT2D eigenvalue weighted by Gasteiger charge is -2.02. The summed E-state index contributed by atoms with van der Waals surface area (Å²) in [5.41, 5.74) is 1.99. The van der Waals surface area contributed by atoms with Crippen molar-refractivity contribution in [1.82, 2.24) is 9.78 Å². The van der Waals surface area contributed by atoms with Gasteiger partial charge in [0.05, 0.1) is 18.2 Å². The molecule has 0 atom stereocenters. The maximum absolute atomic E-state index is 11.5. The van der Waals surface area contributed by atoms with Gasteiger partial charge in [0.15, 0.2) is 0 Å². The third-order valence-corrected chi connectivity index (χ3v) is 2.23. The molecule has 78 valence electrons. The van der Waals surface area contributed by atoms with Crippen LogP contribution >= 0.6 is 11.6 Å². The maximum atomic E-state index is 11.5. The molecule has 0 aliphatic carbocycles. The SMILES string of the molecule is CCOC(=O)c1c(C)c(CCl)nn1C. The van der Waals surface area contributed by atoms with Gasteiger partial charge in [-0.15, -0.1) is 11.6 Å². The number of rotatable bonds is 3. The molecule has 0 saturated carbocycles. The zero-order chi connectivity index (χ0) is 10.7. The number of carbonyl (C=O) groups is 1. The van der Waals surface area contributed by atoms with Crippen molar-refractivity contribution in [1.29, 1.82) is 0 Å². The number of hydrogen-bond donors (Lipinski definition) is 0. The van der Waals surface area contributed by atoms with Gasteiger partial charge in [0.25, 0.3) is 0 Å². The minimum atomic E-state index is -0.351. The van der Waals surface area contributed by atoms with Gasteiger partial charge in [0.2, 0.25) is 0 Å². The second-order valence-electron chi connectivity index (χ2n) is 2.90. The molecule has 4 nitrogen and oxygen atoms in total. The van der Waals surface area contributed by atoms with E-state index >= 15 is 0 Å². The zero-order valence-electron chi connectivity index (χ0n) is 8.50. The molecular formula is C9H13ClN2O2. The second kappa shape index (κ2) is 4.46. The van der Waals surface area contributed by atoms with Crippen LogP contribution in [0.1, 0.15) is 28.7 Å². The zero-order valence-corrected chi connectivity index (χ0v) is 9.26. The molecule has 0 amide bonds. The van der Waals surface area contributed by atoms with E-state index in [1.807, 2.05) is 6.92 Å². The van der Waals surface area contributed by atoms with Crippen LogP contribution in [0.15, 0.2) is 0 Å². The molecule has 0 aliphatic heterocycles. The van der Waals surface area contributed by atoms with Crippen LogP contribution in [0, 0.1) is 6.92 Å².